The molecule has 0 bridgehead atoms. The lowest BCUT2D eigenvalue weighted by atomic mass is 10.0. The molecule has 1 fully saturated rings. The Hall–Kier alpha value is -4.20. The molecule has 204 valence electrons. The van der Waals surface area contributed by atoms with Gasteiger partial charge in [0.05, 0.1) is 11.6 Å². The zero-order valence-electron chi connectivity index (χ0n) is 21.4. The smallest absolute Gasteiger partial charge is 0.475 e. The van der Waals surface area contributed by atoms with Gasteiger partial charge in [0, 0.05) is 30.9 Å². The van der Waals surface area contributed by atoms with Crippen LogP contribution in [0.1, 0.15) is 27.9 Å². The summed E-state index contributed by atoms with van der Waals surface area (Å²) >= 11 is 0. The van der Waals surface area contributed by atoms with E-state index in [-0.39, 0.29) is 5.91 Å². The van der Waals surface area contributed by atoms with Gasteiger partial charge in [0.2, 0.25) is 0 Å². The van der Waals surface area contributed by atoms with Crippen molar-refractivity contribution in [3.05, 3.63) is 89.5 Å². The van der Waals surface area contributed by atoms with E-state index in [1.165, 1.54) is 24.1 Å². The van der Waals surface area contributed by atoms with Gasteiger partial charge in [-0.25, -0.2) is 4.79 Å². The van der Waals surface area contributed by atoms with E-state index in [1.54, 1.807) is 24.3 Å². The van der Waals surface area contributed by atoms with Gasteiger partial charge in [0.1, 0.15) is 0 Å². The van der Waals surface area contributed by atoms with Gasteiger partial charge in [-0.15, -0.1) is 0 Å². The van der Waals surface area contributed by atoms with E-state index in [0.29, 0.717) is 11.1 Å². The number of carbonyl (C=O) groups is 2. The Morgan fingerprint density at radius 1 is 0.949 bits per heavy atom. The van der Waals surface area contributed by atoms with Gasteiger partial charge < -0.3 is 15.3 Å². The summed E-state index contributed by atoms with van der Waals surface area (Å²) in [4.78, 5) is 26.3. The first-order chi connectivity index (χ1) is 18.5. The molecular weight excluding hydrogens is 509 g/mol. The predicted molar refractivity (Wildman–Crippen MR) is 142 cm³/mol. The molecule has 1 aliphatic heterocycles. The van der Waals surface area contributed by atoms with Crippen LogP contribution in [0.4, 0.5) is 18.9 Å². The molecule has 1 amide bonds. The maximum absolute atomic E-state index is 12.5. The molecule has 0 aliphatic carbocycles. The summed E-state index contributed by atoms with van der Waals surface area (Å²) in [6.45, 7) is 5.50. The minimum absolute atomic E-state index is 0.222. The lowest BCUT2D eigenvalue weighted by molar-refractivity contribution is -0.192. The molecule has 2 N–H and O–H groups in total. The minimum Gasteiger partial charge on any atom is -0.475 e. The number of carboxylic acid groups (broad SMARTS) is 1. The van der Waals surface area contributed by atoms with Gasteiger partial charge in [-0.2, -0.15) is 18.4 Å². The average molecular weight is 539 g/mol. The highest BCUT2D eigenvalue weighted by Crippen LogP contribution is 2.24. The SMILES string of the molecule is CN1CCCN(Cc2cccc(-c3ccc(NC(=O)c4cccc(C#N)c4)cc3)c2)CC1.O=C(O)C(F)(F)F. The molecule has 7 nitrogen and oxygen atoms in total. The van der Waals surface area contributed by atoms with Crippen molar-refractivity contribution < 1.29 is 27.9 Å². The van der Waals surface area contributed by atoms with Crippen LogP contribution in [0.15, 0.2) is 72.8 Å². The van der Waals surface area contributed by atoms with Gasteiger partial charge >= 0.3 is 12.1 Å². The van der Waals surface area contributed by atoms with Crippen LogP contribution in [0.2, 0.25) is 0 Å². The van der Waals surface area contributed by atoms with Crippen molar-refractivity contribution in [2.24, 2.45) is 0 Å². The maximum atomic E-state index is 12.5. The van der Waals surface area contributed by atoms with Gasteiger partial charge in [-0.05, 0) is 79.6 Å². The van der Waals surface area contributed by atoms with E-state index in [2.05, 4.69) is 52.5 Å². The second-order valence-corrected chi connectivity index (χ2v) is 9.16. The molecule has 3 aromatic carbocycles. The number of nitriles is 1. The number of anilines is 1. The van der Waals surface area contributed by atoms with Crippen LogP contribution >= 0.6 is 0 Å². The number of likely N-dealkylation sites (N-methyl/N-ethyl adjacent to an activating group) is 1. The number of nitrogens with zero attached hydrogens (tertiary/aromatic N) is 3. The van der Waals surface area contributed by atoms with Crippen molar-refractivity contribution in [1.29, 1.82) is 5.26 Å². The second-order valence-electron chi connectivity index (χ2n) is 9.16. The summed E-state index contributed by atoms with van der Waals surface area (Å²) in [6, 6.07) is 25.4. The summed E-state index contributed by atoms with van der Waals surface area (Å²) in [6.07, 6.45) is -3.87. The molecule has 1 aliphatic rings. The van der Waals surface area contributed by atoms with Crippen LogP contribution < -0.4 is 5.32 Å². The Morgan fingerprint density at radius 2 is 1.64 bits per heavy atom. The van der Waals surface area contributed by atoms with Crippen LogP contribution in [-0.2, 0) is 11.3 Å². The Balaban J connectivity index is 0.000000532. The van der Waals surface area contributed by atoms with Gasteiger partial charge in [0.15, 0.2) is 0 Å². The number of aliphatic carboxylic acids is 1. The molecule has 1 saturated heterocycles. The molecule has 39 heavy (non-hydrogen) atoms. The highest BCUT2D eigenvalue weighted by atomic mass is 19.4. The monoisotopic (exact) mass is 538 g/mol. The minimum atomic E-state index is -5.08. The van der Waals surface area contributed by atoms with E-state index in [1.807, 2.05) is 24.3 Å². The highest BCUT2D eigenvalue weighted by Gasteiger charge is 2.38. The van der Waals surface area contributed by atoms with Gasteiger partial charge in [0.25, 0.3) is 5.91 Å². The van der Waals surface area contributed by atoms with Crippen molar-refractivity contribution in [3.8, 4) is 17.2 Å². The largest absolute Gasteiger partial charge is 0.490 e. The number of hydrogen-bond acceptors (Lipinski definition) is 5. The zero-order valence-corrected chi connectivity index (χ0v) is 21.4. The molecule has 3 aromatic rings. The number of alkyl halides is 3. The van der Waals surface area contributed by atoms with Gasteiger partial charge in [-0.1, -0.05) is 36.4 Å². The fourth-order valence-electron chi connectivity index (χ4n) is 4.04. The number of benzene rings is 3. The van der Waals surface area contributed by atoms with Crippen LogP contribution in [0.3, 0.4) is 0 Å². The van der Waals surface area contributed by atoms with Crippen molar-refractivity contribution in [1.82, 2.24) is 9.80 Å². The predicted octanol–water partition coefficient (Wildman–Crippen LogP) is 5.25. The molecule has 0 aromatic heterocycles. The van der Waals surface area contributed by atoms with Crippen molar-refractivity contribution in [2.45, 2.75) is 19.1 Å². The van der Waals surface area contributed by atoms with E-state index in [9.17, 15) is 18.0 Å². The standard InChI is InChI=1S/C27H28N4O.C2HF3O2/c1-30-13-4-14-31(16-15-30)20-22-6-3-7-24(18-22)23-9-11-26(12-10-23)29-27(32)25-8-2-5-21(17-25)19-28;3-2(4,5)1(6)7/h2-3,5-12,17-18H,4,13-16,20H2,1H3,(H,29,32);(H,6,7). The first kappa shape index (κ1) is 29.4. The average Bonchev–Trinajstić information content (AvgIpc) is 3.12. The van der Waals surface area contributed by atoms with Crippen LogP contribution in [0.5, 0.6) is 0 Å². The van der Waals surface area contributed by atoms with Crippen molar-refractivity contribution in [2.75, 3.05) is 38.5 Å². The van der Waals surface area contributed by atoms with Crippen molar-refractivity contribution in [3.63, 3.8) is 0 Å². The fraction of sp³-hybridized carbons (Fsp3) is 0.276. The molecule has 0 atom stereocenters. The maximum Gasteiger partial charge on any atom is 0.490 e. The third kappa shape index (κ3) is 9.25. The van der Waals surface area contributed by atoms with E-state index in [4.69, 9.17) is 15.2 Å². The third-order valence-electron chi connectivity index (χ3n) is 6.12. The molecule has 0 unspecified atom stereocenters. The van der Waals surface area contributed by atoms with Crippen LogP contribution in [0.25, 0.3) is 11.1 Å². The number of carbonyl (C=O) groups excluding carboxylic acids is 1. The molecule has 0 spiro atoms. The van der Waals surface area contributed by atoms with Gasteiger partial charge in [-0.3, -0.25) is 9.69 Å². The number of carboxylic acids is 1. The summed E-state index contributed by atoms with van der Waals surface area (Å²) in [5.74, 6) is -2.98. The quantitative estimate of drug-likeness (QED) is 0.461. The first-order valence-corrected chi connectivity index (χ1v) is 12.3. The first-order valence-electron chi connectivity index (χ1n) is 12.3. The molecule has 4 rings (SSSR count). The normalized spacial score (nSPS) is 14.3. The Bertz CT molecular complexity index is 1320. The molecular formula is C29H29F3N4O3. The summed E-state index contributed by atoms with van der Waals surface area (Å²) in [5, 5.41) is 19.0. The fourth-order valence-corrected chi connectivity index (χ4v) is 4.04. The third-order valence-corrected chi connectivity index (χ3v) is 6.12. The lowest BCUT2D eigenvalue weighted by Crippen LogP contribution is -2.28. The summed E-state index contributed by atoms with van der Waals surface area (Å²) in [7, 11) is 2.19. The number of halogens is 3. The molecule has 0 saturated carbocycles. The van der Waals surface area contributed by atoms with Crippen LogP contribution in [-0.4, -0.2) is 66.2 Å². The number of amides is 1. The van der Waals surface area contributed by atoms with E-state index in [0.717, 1.165) is 37.4 Å². The Labute approximate surface area is 225 Å². The van der Waals surface area contributed by atoms with Crippen molar-refractivity contribution >= 4 is 17.6 Å². The number of nitrogens with one attached hydrogen (secondary N) is 1. The Morgan fingerprint density at radius 3 is 2.31 bits per heavy atom. The van der Waals surface area contributed by atoms with E-state index < -0.39 is 12.1 Å². The van der Waals surface area contributed by atoms with Crippen LogP contribution in [0, 0.1) is 11.3 Å². The number of rotatable bonds is 5. The molecule has 1 heterocycles. The summed E-state index contributed by atoms with van der Waals surface area (Å²) in [5.41, 5.74) is 5.29. The molecule has 0 radical (unpaired) electrons. The highest BCUT2D eigenvalue weighted by molar-refractivity contribution is 6.04. The molecule has 10 heteroatoms. The Kier molecular flexibility index (Phi) is 10.2. The summed E-state index contributed by atoms with van der Waals surface area (Å²) < 4.78 is 31.7. The number of hydrogen-bond donors (Lipinski definition) is 2. The lowest BCUT2D eigenvalue weighted by Gasteiger charge is -2.20. The topological polar surface area (TPSA) is 96.7 Å². The van der Waals surface area contributed by atoms with E-state index >= 15 is 0 Å². The zero-order chi connectivity index (χ0) is 28.4. The second kappa shape index (κ2) is 13.6.